The van der Waals surface area contributed by atoms with E-state index in [0.29, 0.717) is 17.1 Å². The van der Waals surface area contributed by atoms with Gasteiger partial charge in [-0.25, -0.2) is 0 Å². The van der Waals surface area contributed by atoms with Crippen LogP contribution >= 0.6 is 11.3 Å². The number of hydrogen-bond acceptors (Lipinski definition) is 4. The van der Waals surface area contributed by atoms with Gasteiger partial charge < -0.3 is 15.4 Å². The minimum Gasteiger partial charge on any atom is -0.497 e. The van der Waals surface area contributed by atoms with Crippen molar-refractivity contribution >= 4 is 28.8 Å². The second kappa shape index (κ2) is 7.44. The summed E-state index contributed by atoms with van der Waals surface area (Å²) in [6.07, 6.45) is 0.225. The average Bonchev–Trinajstić information content (AvgIpc) is 3.02. The van der Waals surface area contributed by atoms with E-state index in [1.807, 2.05) is 11.4 Å². The Hall–Kier alpha value is -2.34. The molecule has 110 valence electrons. The van der Waals surface area contributed by atoms with Crippen LogP contribution < -0.4 is 15.4 Å². The molecular formula is C15H16N2O3S. The van der Waals surface area contributed by atoms with Crippen LogP contribution in [0, 0.1) is 0 Å². The summed E-state index contributed by atoms with van der Waals surface area (Å²) >= 11 is 1.37. The van der Waals surface area contributed by atoms with Crippen molar-refractivity contribution in [2.75, 3.05) is 19.0 Å². The number of thiophene rings is 1. The highest BCUT2D eigenvalue weighted by Crippen LogP contribution is 2.15. The third-order valence-corrected chi connectivity index (χ3v) is 3.62. The minimum atomic E-state index is -0.151. The maximum absolute atomic E-state index is 11.7. The van der Waals surface area contributed by atoms with Crippen molar-refractivity contribution in [2.45, 2.75) is 6.42 Å². The Balaban J connectivity index is 1.73. The largest absolute Gasteiger partial charge is 0.497 e. The first-order valence-corrected chi connectivity index (χ1v) is 7.32. The van der Waals surface area contributed by atoms with E-state index in [4.69, 9.17) is 4.74 Å². The maximum Gasteiger partial charge on any atom is 0.261 e. The van der Waals surface area contributed by atoms with Crippen molar-refractivity contribution < 1.29 is 14.3 Å². The van der Waals surface area contributed by atoms with Gasteiger partial charge in [-0.3, -0.25) is 9.59 Å². The van der Waals surface area contributed by atoms with E-state index in [1.54, 1.807) is 37.4 Å². The first-order valence-electron chi connectivity index (χ1n) is 6.44. The summed E-state index contributed by atoms with van der Waals surface area (Å²) in [6.45, 7) is 0.304. The molecule has 1 heterocycles. The standard InChI is InChI=1S/C15H16N2O3S/c1-20-12-6-4-11(5-7-12)17-14(18)8-9-16-15(19)13-3-2-10-21-13/h2-7,10H,8-9H2,1H3,(H,16,19)(H,17,18). The molecule has 0 spiro atoms. The molecule has 0 saturated heterocycles. The SMILES string of the molecule is COc1ccc(NC(=O)CCNC(=O)c2cccs2)cc1. The lowest BCUT2D eigenvalue weighted by atomic mass is 10.3. The molecule has 0 fully saturated rings. The fraction of sp³-hybridized carbons (Fsp3) is 0.200. The molecule has 2 N–H and O–H groups in total. The molecule has 0 bridgehead atoms. The van der Waals surface area contributed by atoms with E-state index in [1.165, 1.54) is 11.3 Å². The van der Waals surface area contributed by atoms with Crippen LogP contribution in [0.15, 0.2) is 41.8 Å². The van der Waals surface area contributed by atoms with Crippen LogP contribution in [0.4, 0.5) is 5.69 Å². The van der Waals surface area contributed by atoms with Gasteiger partial charge in [-0.1, -0.05) is 6.07 Å². The highest BCUT2D eigenvalue weighted by Gasteiger charge is 2.07. The zero-order valence-electron chi connectivity index (χ0n) is 11.6. The third-order valence-electron chi connectivity index (χ3n) is 2.76. The van der Waals surface area contributed by atoms with Crippen molar-refractivity contribution in [3.05, 3.63) is 46.7 Å². The van der Waals surface area contributed by atoms with Gasteiger partial charge in [-0.15, -0.1) is 11.3 Å². The normalized spacial score (nSPS) is 9.95. The molecule has 2 aromatic rings. The fourth-order valence-electron chi connectivity index (χ4n) is 1.68. The molecule has 0 aliphatic rings. The molecule has 5 nitrogen and oxygen atoms in total. The Morgan fingerprint density at radius 2 is 1.95 bits per heavy atom. The number of rotatable bonds is 6. The van der Waals surface area contributed by atoms with Gasteiger partial charge in [-0.2, -0.15) is 0 Å². The lowest BCUT2D eigenvalue weighted by molar-refractivity contribution is -0.116. The highest BCUT2D eigenvalue weighted by atomic mass is 32.1. The Morgan fingerprint density at radius 1 is 1.19 bits per heavy atom. The number of hydrogen-bond donors (Lipinski definition) is 2. The van der Waals surface area contributed by atoms with Crippen LogP contribution in [-0.4, -0.2) is 25.5 Å². The number of amides is 2. The van der Waals surface area contributed by atoms with Crippen LogP contribution in [0.5, 0.6) is 5.75 Å². The first-order chi connectivity index (χ1) is 10.2. The zero-order valence-corrected chi connectivity index (χ0v) is 12.4. The van der Waals surface area contributed by atoms with E-state index < -0.39 is 0 Å². The molecule has 2 rings (SSSR count). The molecule has 0 atom stereocenters. The van der Waals surface area contributed by atoms with Crippen molar-refractivity contribution in [1.29, 1.82) is 0 Å². The molecule has 0 unspecified atom stereocenters. The number of carbonyl (C=O) groups excluding carboxylic acids is 2. The summed E-state index contributed by atoms with van der Waals surface area (Å²) in [5.74, 6) is 0.435. The van der Waals surface area contributed by atoms with Crippen LogP contribution in [0.2, 0.25) is 0 Å². The zero-order chi connectivity index (χ0) is 15.1. The van der Waals surface area contributed by atoms with Gasteiger partial charge in [0.15, 0.2) is 0 Å². The molecule has 0 saturated carbocycles. The molecule has 0 aliphatic heterocycles. The predicted octanol–water partition coefficient (Wildman–Crippen LogP) is 2.52. The molecule has 1 aromatic heterocycles. The lowest BCUT2D eigenvalue weighted by Crippen LogP contribution is -2.27. The summed E-state index contributed by atoms with van der Waals surface area (Å²) in [4.78, 5) is 24.1. The predicted molar refractivity (Wildman–Crippen MR) is 82.9 cm³/mol. The van der Waals surface area contributed by atoms with Crippen LogP contribution in [0.3, 0.4) is 0 Å². The van der Waals surface area contributed by atoms with Gasteiger partial charge in [0, 0.05) is 18.7 Å². The number of methoxy groups -OCH3 is 1. The van der Waals surface area contributed by atoms with Crippen LogP contribution in [0.1, 0.15) is 16.1 Å². The van der Waals surface area contributed by atoms with E-state index >= 15 is 0 Å². The summed E-state index contributed by atoms with van der Waals surface area (Å²) < 4.78 is 5.04. The number of benzene rings is 1. The minimum absolute atomic E-state index is 0.147. The molecule has 0 aliphatic carbocycles. The monoisotopic (exact) mass is 304 g/mol. The van der Waals surface area contributed by atoms with E-state index in [-0.39, 0.29) is 18.2 Å². The Bertz CT molecular complexity index is 594. The quantitative estimate of drug-likeness (QED) is 0.861. The van der Waals surface area contributed by atoms with Crippen molar-refractivity contribution in [1.82, 2.24) is 5.32 Å². The van der Waals surface area contributed by atoms with Gasteiger partial charge in [-0.05, 0) is 35.7 Å². The van der Waals surface area contributed by atoms with E-state index in [2.05, 4.69) is 10.6 Å². The van der Waals surface area contributed by atoms with Crippen molar-refractivity contribution in [2.24, 2.45) is 0 Å². The topological polar surface area (TPSA) is 67.4 Å². The Morgan fingerprint density at radius 3 is 2.57 bits per heavy atom. The summed E-state index contributed by atoms with van der Waals surface area (Å²) in [6, 6.07) is 10.6. The Labute approximate surface area is 126 Å². The fourth-order valence-corrected chi connectivity index (χ4v) is 2.32. The van der Waals surface area contributed by atoms with Gasteiger partial charge in [0.1, 0.15) is 5.75 Å². The van der Waals surface area contributed by atoms with E-state index in [0.717, 1.165) is 5.75 Å². The molecule has 21 heavy (non-hydrogen) atoms. The molecule has 1 aromatic carbocycles. The second-order valence-corrected chi connectivity index (χ2v) is 5.21. The number of ether oxygens (including phenoxy) is 1. The molecule has 6 heteroatoms. The maximum atomic E-state index is 11.7. The average molecular weight is 304 g/mol. The third kappa shape index (κ3) is 4.61. The van der Waals surface area contributed by atoms with Crippen LogP contribution in [0.25, 0.3) is 0 Å². The van der Waals surface area contributed by atoms with Crippen molar-refractivity contribution in [3.63, 3.8) is 0 Å². The number of carbonyl (C=O) groups is 2. The van der Waals surface area contributed by atoms with E-state index in [9.17, 15) is 9.59 Å². The van der Waals surface area contributed by atoms with Gasteiger partial charge in [0.25, 0.3) is 5.91 Å². The smallest absolute Gasteiger partial charge is 0.261 e. The van der Waals surface area contributed by atoms with Crippen molar-refractivity contribution in [3.8, 4) is 5.75 Å². The van der Waals surface area contributed by atoms with Gasteiger partial charge in [0.2, 0.25) is 5.91 Å². The van der Waals surface area contributed by atoms with Crippen LogP contribution in [-0.2, 0) is 4.79 Å². The first kappa shape index (κ1) is 15.1. The Kier molecular flexibility index (Phi) is 5.34. The lowest BCUT2D eigenvalue weighted by Gasteiger charge is -2.07. The summed E-state index contributed by atoms with van der Waals surface area (Å²) in [5.41, 5.74) is 0.699. The van der Waals surface area contributed by atoms with Gasteiger partial charge >= 0.3 is 0 Å². The second-order valence-electron chi connectivity index (χ2n) is 4.26. The van der Waals surface area contributed by atoms with Gasteiger partial charge in [0.05, 0.1) is 12.0 Å². The molecule has 0 radical (unpaired) electrons. The summed E-state index contributed by atoms with van der Waals surface area (Å²) in [5, 5.41) is 7.31. The molecular weight excluding hydrogens is 288 g/mol. The highest BCUT2D eigenvalue weighted by molar-refractivity contribution is 7.12. The summed E-state index contributed by atoms with van der Waals surface area (Å²) in [7, 11) is 1.59. The number of nitrogens with one attached hydrogen (secondary N) is 2. The molecule has 2 amide bonds. The number of anilines is 1.